The lowest BCUT2D eigenvalue weighted by molar-refractivity contribution is -0.200. The van der Waals surface area contributed by atoms with Crippen LogP contribution in [0.15, 0.2) is 48.5 Å². The Hall–Kier alpha value is -3.23. The molecule has 1 atom stereocenters. The van der Waals surface area contributed by atoms with Gasteiger partial charge in [0.2, 0.25) is 0 Å². The van der Waals surface area contributed by atoms with E-state index in [-0.39, 0.29) is 0 Å². The van der Waals surface area contributed by atoms with E-state index in [2.05, 4.69) is 17.0 Å². The summed E-state index contributed by atoms with van der Waals surface area (Å²) in [6.45, 7) is 3.67. The minimum absolute atomic E-state index is 0.310. The van der Waals surface area contributed by atoms with E-state index in [9.17, 15) is 13.2 Å². The smallest absolute Gasteiger partial charge is 0.411 e. The van der Waals surface area contributed by atoms with E-state index in [1.165, 1.54) is 0 Å². The molecular formula is C29H28F3NO4. The zero-order valence-electron chi connectivity index (χ0n) is 20.8. The van der Waals surface area contributed by atoms with E-state index in [0.29, 0.717) is 48.9 Å². The van der Waals surface area contributed by atoms with E-state index >= 15 is 0 Å². The topological polar surface area (TPSA) is 40.2 Å². The Balaban J connectivity index is 1.70. The highest BCUT2D eigenvalue weighted by molar-refractivity contribution is 6.09. The molecule has 3 aliphatic rings. The van der Waals surface area contributed by atoms with Gasteiger partial charge in [-0.25, -0.2) is 0 Å². The second kappa shape index (κ2) is 8.96. The zero-order chi connectivity index (χ0) is 25.8. The maximum atomic E-state index is 13.6. The average Bonchev–Trinajstić information content (AvgIpc) is 3.22. The van der Waals surface area contributed by atoms with Crippen LogP contribution in [0.3, 0.4) is 0 Å². The van der Waals surface area contributed by atoms with Crippen molar-refractivity contribution in [1.82, 2.24) is 0 Å². The molecular weight excluding hydrogens is 483 g/mol. The maximum absolute atomic E-state index is 13.6. The van der Waals surface area contributed by atoms with Crippen LogP contribution >= 0.6 is 0 Å². The minimum Gasteiger partial charge on any atom is -0.496 e. The van der Waals surface area contributed by atoms with E-state index < -0.39 is 18.4 Å². The number of hydrogen-bond acceptors (Lipinski definition) is 5. The molecule has 2 aliphatic heterocycles. The Morgan fingerprint density at radius 3 is 2.54 bits per heavy atom. The van der Waals surface area contributed by atoms with Crippen molar-refractivity contribution in [2.75, 3.05) is 51.5 Å². The molecule has 0 bridgehead atoms. The number of methoxy groups -OCH3 is 1. The second-order valence-corrected chi connectivity index (χ2v) is 9.50. The predicted octanol–water partition coefficient (Wildman–Crippen LogP) is 6.27. The van der Waals surface area contributed by atoms with Crippen LogP contribution in [-0.2, 0) is 19.8 Å². The number of benzene rings is 3. The van der Waals surface area contributed by atoms with Crippen molar-refractivity contribution in [3.8, 4) is 16.9 Å². The molecule has 1 unspecified atom stereocenters. The highest BCUT2D eigenvalue weighted by atomic mass is 19.4. The maximum Gasteiger partial charge on any atom is 0.411 e. The highest BCUT2D eigenvalue weighted by Crippen LogP contribution is 2.59. The third-order valence-electron chi connectivity index (χ3n) is 7.60. The van der Waals surface area contributed by atoms with Crippen molar-refractivity contribution in [2.24, 2.45) is 0 Å². The summed E-state index contributed by atoms with van der Waals surface area (Å²) in [5.41, 5.74) is 3.53. The summed E-state index contributed by atoms with van der Waals surface area (Å²) in [7, 11) is 1.57. The number of nitrogens with zero attached hydrogens (tertiary/aromatic N) is 1. The molecule has 3 aromatic carbocycles. The molecule has 0 aromatic heterocycles. The van der Waals surface area contributed by atoms with Crippen molar-refractivity contribution in [3.05, 3.63) is 65.2 Å². The Morgan fingerprint density at radius 2 is 1.81 bits per heavy atom. The molecule has 0 saturated carbocycles. The Labute approximate surface area is 213 Å². The Bertz CT molecular complexity index is 1390. The van der Waals surface area contributed by atoms with Gasteiger partial charge in [0.05, 0.1) is 25.9 Å². The summed E-state index contributed by atoms with van der Waals surface area (Å²) in [6.07, 6.45) is -2.34. The summed E-state index contributed by atoms with van der Waals surface area (Å²) >= 11 is 0. The summed E-state index contributed by atoms with van der Waals surface area (Å²) in [6, 6.07) is 13.8. The quantitative estimate of drug-likeness (QED) is 0.404. The molecule has 0 spiro atoms. The van der Waals surface area contributed by atoms with Crippen LogP contribution in [0.5, 0.6) is 5.75 Å². The van der Waals surface area contributed by atoms with Gasteiger partial charge in [-0.3, -0.25) is 0 Å². The van der Waals surface area contributed by atoms with Crippen molar-refractivity contribution < 1.29 is 32.1 Å². The first-order valence-electron chi connectivity index (χ1n) is 12.5. The van der Waals surface area contributed by atoms with Crippen molar-refractivity contribution >= 4 is 22.2 Å². The summed E-state index contributed by atoms with van der Waals surface area (Å²) in [5, 5.41) is 1.82. The van der Waals surface area contributed by atoms with Gasteiger partial charge < -0.3 is 23.8 Å². The molecule has 1 aliphatic carbocycles. The lowest BCUT2D eigenvalue weighted by atomic mass is 9.82. The fraction of sp³-hybridized carbons (Fsp3) is 0.379. The van der Waals surface area contributed by atoms with Gasteiger partial charge in [0.1, 0.15) is 30.3 Å². The molecule has 0 radical (unpaired) electrons. The predicted molar refractivity (Wildman–Crippen MR) is 136 cm³/mol. The van der Waals surface area contributed by atoms with Crippen LogP contribution in [0.4, 0.5) is 18.9 Å². The van der Waals surface area contributed by atoms with E-state index in [1.807, 2.05) is 43.3 Å². The molecule has 5 nitrogen and oxygen atoms in total. The summed E-state index contributed by atoms with van der Waals surface area (Å²) in [4.78, 5) is 2.27. The first-order chi connectivity index (χ1) is 17.9. The molecule has 1 saturated heterocycles. The van der Waals surface area contributed by atoms with Crippen LogP contribution in [0.25, 0.3) is 27.7 Å². The molecule has 2 heterocycles. The molecule has 6 rings (SSSR count). The molecule has 3 aromatic rings. The largest absolute Gasteiger partial charge is 0.496 e. The number of morpholine rings is 1. The third-order valence-corrected chi connectivity index (χ3v) is 7.60. The minimum atomic E-state index is -4.48. The van der Waals surface area contributed by atoms with Crippen LogP contribution in [0.1, 0.15) is 30.0 Å². The van der Waals surface area contributed by atoms with E-state index in [1.54, 1.807) is 7.11 Å². The van der Waals surface area contributed by atoms with Gasteiger partial charge in [-0.05, 0) is 52.8 Å². The number of alkyl halides is 3. The standard InChI is InChI=1S/C29H28F3NO4/c1-3-28(37-17-29(30,31)32)22-7-5-4-6-20(22)24-21-16-18(33-11-14-35-15-12-33)8-9-19(21)27-25(26(24)28)23(34-2)10-13-36-27/h4-10,16H,3,11-15,17H2,1-2H3. The molecule has 37 heavy (non-hydrogen) atoms. The summed E-state index contributed by atoms with van der Waals surface area (Å²) < 4.78 is 64.1. The third kappa shape index (κ3) is 3.77. The van der Waals surface area contributed by atoms with Gasteiger partial charge in [-0.2, -0.15) is 13.2 Å². The molecule has 1 fully saturated rings. The number of rotatable bonds is 5. The number of fused-ring (bicyclic) bond motifs is 8. The Morgan fingerprint density at radius 1 is 1.03 bits per heavy atom. The fourth-order valence-electron chi connectivity index (χ4n) is 6.03. The molecule has 0 N–H and O–H groups in total. The molecule has 0 amide bonds. The fourth-order valence-corrected chi connectivity index (χ4v) is 6.03. The van der Waals surface area contributed by atoms with Gasteiger partial charge in [0.15, 0.2) is 0 Å². The SMILES string of the molecule is CCC1(OCC(F)(F)F)c2ccccc2-c2c1c1c(c3ccc(N4CCOCC4)cc23)OCC=C1OC. The first kappa shape index (κ1) is 24.1. The van der Waals surface area contributed by atoms with Gasteiger partial charge in [0.25, 0.3) is 0 Å². The van der Waals surface area contributed by atoms with Gasteiger partial charge in [0, 0.05) is 29.7 Å². The lowest BCUT2D eigenvalue weighted by Crippen LogP contribution is -2.36. The normalized spacial score (nSPS) is 20.7. The van der Waals surface area contributed by atoms with Crippen molar-refractivity contribution in [2.45, 2.75) is 25.1 Å². The first-order valence-corrected chi connectivity index (χ1v) is 12.5. The van der Waals surface area contributed by atoms with Gasteiger partial charge >= 0.3 is 6.18 Å². The second-order valence-electron chi connectivity index (χ2n) is 9.50. The number of hydrogen-bond donors (Lipinski definition) is 0. The number of anilines is 1. The highest BCUT2D eigenvalue weighted by Gasteiger charge is 2.49. The van der Waals surface area contributed by atoms with Gasteiger partial charge in [-0.15, -0.1) is 0 Å². The van der Waals surface area contributed by atoms with Crippen molar-refractivity contribution in [3.63, 3.8) is 0 Å². The number of ether oxygens (including phenoxy) is 4. The van der Waals surface area contributed by atoms with Crippen molar-refractivity contribution in [1.29, 1.82) is 0 Å². The van der Waals surface area contributed by atoms with Crippen LogP contribution in [-0.4, -0.2) is 52.8 Å². The lowest BCUT2D eigenvalue weighted by Gasteiger charge is -2.35. The van der Waals surface area contributed by atoms with E-state index in [0.717, 1.165) is 46.2 Å². The molecule has 194 valence electrons. The molecule has 8 heteroatoms. The van der Waals surface area contributed by atoms with Crippen LogP contribution < -0.4 is 9.64 Å². The summed E-state index contributed by atoms with van der Waals surface area (Å²) in [5.74, 6) is 1.20. The number of halogens is 3. The van der Waals surface area contributed by atoms with Gasteiger partial charge in [-0.1, -0.05) is 31.2 Å². The average molecular weight is 512 g/mol. The Kier molecular flexibility index (Phi) is 5.84. The monoisotopic (exact) mass is 511 g/mol. The van der Waals surface area contributed by atoms with Crippen LogP contribution in [0.2, 0.25) is 0 Å². The zero-order valence-corrected chi connectivity index (χ0v) is 20.8. The van der Waals surface area contributed by atoms with Crippen LogP contribution in [0, 0.1) is 0 Å². The van der Waals surface area contributed by atoms with E-state index in [4.69, 9.17) is 18.9 Å².